The third-order valence-corrected chi connectivity index (χ3v) is 4.70. The molecule has 5 heteroatoms. The summed E-state index contributed by atoms with van der Waals surface area (Å²) in [6, 6.07) is 10.0. The van der Waals surface area contributed by atoms with Crippen LogP contribution in [0, 0.1) is 5.92 Å². The number of likely N-dealkylation sites (tertiary alicyclic amines) is 1. The minimum Gasteiger partial charge on any atom is -0.447 e. The van der Waals surface area contributed by atoms with Gasteiger partial charge in [0, 0.05) is 20.1 Å². The van der Waals surface area contributed by atoms with Crippen molar-refractivity contribution >= 4 is 12.0 Å². The zero-order valence-corrected chi connectivity index (χ0v) is 12.9. The first-order valence-corrected chi connectivity index (χ1v) is 7.87. The number of nitrogens with zero attached hydrogens (tertiary/aromatic N) is 2. The molecule has 2 amide bonds. The molecule has 2 fully saturated rings. The first kappa shape index (κ1) is 14.9. The van der Waals surface area contributed by atoms with E-state index in [0.29, 0.717) is 5.92 Å². The molecule has 0 aromatic heterocycles. The molecule has 2 aliphatic heterocycles. The van der Waals surface area contributed by atoms with Gasteiger partial charge in [0.15, 0.2) is 0 Å². The number of carbonyl (C=O) groups is 2. The number of benzene rings is 1. The van der Waals surface area contributed by atoms with Crippen molar-refractivity contribution < 1.29 is 14.3 Å². The van der Waals surface area contributed by atoms with Crippen molar-refractivity contribution in [3.8, 4) is 0 Å². The topological polar surface area (TPSA) is 49.9 Å². The van der Waals surface area contributed by atoms with Gasteiger partial charge in [0.2, 0.25) is 5.91 Å². The van der Waals surface area contributed by atoms with E-state index < -0.39 is 12.1 Å². The highest BCUT2D eigenvalue weighted by Gasteiger charge is 2.38. The van der Waals surface area contributed by atoms with Crippen molar-refractivity contribution in [3.63, 3.8) is 0 Å². The lowest BCUT2D eigenvalue weighted by atomic mass is 9.90. The predicted molar refractivity (Wildman–Crippen MR) is 82.3 cm³/mol. The second kappa shape index (κ2) is 6.38. The Morgan fingerprint density at radius 1 is 1.23 bits per heavy atom. The monoisotopic (exact) mass is 302 g/mol. The second-order valence-electron chi connectivity index (χ2n) is 6.16. The molecule has 0 bridgehead atoms. The SMILES string of the molecule is CN1C(=O)OCC1C(=O)N1CCC(Cc2ccccc2)CC1. The van der Waals surface area contributed by atoms with Crippen LogP contribution >= 0.6 is 0 Å². The molecule has 0 spiro atoms. The summed E-state index contributed by atoms with van der Waals surface area (Å²) in [6.07, 6.45) is 2.71. The van der Waals surface area contributed by atoms with Crippen molar-refractivity contribution in [2.75, 3.05) is 26.7 Å². The largest absolute Gasteiger partial charge is 0.447 e. The molecule has 2 aliphatic rings. The fourth-order valence-electron chi connectivity index (χ4n) is 3.24. The Balaban J connectivity index is 1.51. The Morgan fingerprint density at radius 2 is 1.91 bits per heavy atom. The van der Waals surface area contributed by atoms with E-state index in [4.69, 9.17) is 4.74 Å². The summed E-state index contributed by atoms with van der Waals surface area (Å²) in [5, 5.41) is 0. The molecule has 2 heterocycles. The molecule has 22 heavy (non-hydrogen) atoms. The number of carbonyl (C=O) groups excluding carboxylic acids is 2. The molecular formula is C17H22N2O3. The van der Waals surface area contributed by atoms with Crippen LogP contribution in [0.25, 0.3) is 0 Å². The van der Waals surface area contributed by atoms with Crippen LogP contribution in [0.5, 0.6) is 0 Å². The van der Waals surface area contributed by atoms with Crippen molar-refractivity contribution in [3.05, 3.63) is 35.9 Å². The van der Waals surface area contributed by atoms with Crippen LogP contribution in [0.15, 0.2) is 30.3 Å². The summed E-state index contributed by atoms with van der Waals surface area (Å²) < 4.78 is 4.93. The molecule has 1 aromatic rings. The summed E-state index contributed by atoms with van der Waals surface area (Å²) in [6.45, 7) is 1.72. The molecule has 118 valence electrons. The molecule has 0 aliphatic carbocycles. The minimum atomic E-state index is -0.446. The average Bonchev–Trinajstić information content (AvgIpc) is 2.88. The van der Waals surface area contributed by atoms with Gasteiger partial charge in [-0.1, -0.05) is 30.3 Å². The molecule has 0 saturated carbocycles. The van der Waals surface area contributed by atoms with Crippen LogP contribution in [-0.4, -0.2) is 54.6 Å². The van der Waals surface area contributed by atoms with E-state index in [-0.39, 0.29) is 12.5 Å². The maximum absolute atomic E-state index is 12.5. The normalized spacial score (nSPS) is 22.8. The van der Waals surface area contributed by atoms with Gasteiger partial charge in [-0.2, -0.15) is 0 Å². The summed E-state index contributed by atoms with van der Waals surface area (Å²) in [5.74, 6) is 0.650. The second-order valence-corrected chi connectivity index (χ2v) is 6.16. The Kier molecular flexibility index (Phi) is 4.32. The minimum absolute atomic E-state index is 0.0199. The number of rotatable bonds is 3. The van der Waals surface area contributed by atoms with Gasteiger partial charge in [-0.3, -0.25) is 9.69 Å². The van der Waals surface area contributed by atoms with E-state index in [1.54, 1.807) is 7.05 Å². The van der Waals surface area contributed by atoms with E-state index in [1.807, 2.05) is 11.0 Å². The number of piperidine rings is 1. The number of ether oxygens (including phenoxy) is 1. The van der Waals surface area contributed by atoms with Crippen LogP contribution in [0.1, 0.15) is 18.4 Å². The Morgan fingerprint density at radius 3 is 2.50 bits per heavy atom. The van der Waals surface area contributed by atoms with Gasteiger partial charge in [0.05, 0.1) is 0 Å². The highest BCUT2D eigenvalue weighted by molar-refractivity contribution is 5.87. The smallest absolute Gasteiger partial charge is 0.410 e. The molecule has 5 nitrogen and oxygen atoms in total. The standard InChI is InChI=1S/C17H22N2O3/c1-18-15(12-22-17(18)21)16(20)19-9-7-14(8-10-19)11-13-5-3-2-4-6-13/h2-6,14-15H,7-12H2,1H3. The quantitative estimate of drug-likeness (QED) is 0.857. The zero-order valence-electron chi connectivity index (χ0n) is 12.9. The average molecular weight is 302 g/mol. The fraction of sp³-hybridized carbons (Fsp3) is 0.529. The van der Waals surface area contributed by atoms with Crippen molar-refractivity contribution in [1.82, 2.24) is 9.80 Å². The maximum Gasteiger partial charge on any atom is 0.410 e. The van der Waals surface area contributed by atoms with Crippen LogP contribution in [0.3, 0.4) is 0 Å². The Hall–Kier alpha value is -2.04. The van der Waals surface area contributed by atoms with Crippen molar-refractivity contribution in [1.29, 1.82) is 0 Å². The van der Waals surface area contributed by atoms with Gasteiger partial charge in [-0.25, -0.2) is 4.79 Å². The lowest BCUT2D eigenvalue weighted by Crippen LogP contribution is -2.49. The van der Waals surface area contributed by atoms with E-state index >= 15 is 0 Å². The zero-order chi connectivity index (χ0) is 15.5. The number of likely N-dealkylation sites (N-methyl/N-ethyl adjacent to an activating group) is 1. The van der Waals surface area contributed by atoms with Crippen LogP contribution in [0.2, 0.25) is 0 Å². The molecule has 1 unspecified atom stereocenters. The van der Waals surface area contributed by atoms with Crippen LogP contribution < -0.4 is 0 Å². The van der Waals surface area contributed by atoms with E-state index in [0.717, 1.165) is 32.4 Å². The molecular weight excluding hydrogens is 280 g/mol. The Labute approximate surface area is 130 Å². The molecule has 0 N–H and O–H groups in total. The first-order valence-electron chi connectivity index (χ1n) is 7.87. The van der Waals surface area contributed by atoms with Gasteiger partial charge < -0.3 is 9.64 Å². The van der Waals surface area contributed by atoms with Gasteiger partial charge >= 0.3 is 6.09 Å². The molecule has 0 radical (unpaired) electrons. The maximum atomic E-state index is 12.5. The summed E-state index contributed by atoms with van der Waals surface area (Å²) >= 11 is 0. The Bertz CT molecular complexity index is 538. The van der Waals surface area contributed by atoms with Crippen LogP contribution in [-0.2, 0) is 16.0 Å². The fourth-order valence-corrected chi connectivity index (χ4v) is 3.24. The lowest BCUT2D eigenvalue weighted by molar-refractivity contribution is -0.136. The van der Waals surface area contributed by atoms with E-state index in [2.05, 4.69) is 24.3 Å². The number of cyclic esters (lactones) is 1. The third kappa shape index (κ3) is 3.08. The van der Waals surface area contributed by atoms with Crippen molar-refractivity contribution in [2.24, 2.45) is 5.92 Å². The van der Waals surface area contributed by atoms with Gasteiger partial charge in [0.1, 0.15) is 12.6 Å². The number of hydrogen-bond acceptors (Lipinski definition) is 3. The lowest BCUT2D eigenvalue weighted by Gasteiger charge is -2.34. The first-order chi connectivity index (χ1) is 10.6. The van der Waals surface area contributed by atoms with Crippen molar-refractivity contribution in [2.45, 2.75) is 25.3 Å². The number of hydrogen-bond donors (Lipinski definition) is 0. The summed E-state index contributed by atoms with van der Waals surface area (Å²) in [7, 11) is 1.63. The molecule has 3 rings (SSSR count). The highest BCUT2D eigenvalue weighted by atomic mass is 16.6. The molecule has 1 aromatic carbocycles. The van der Waals surface area contributed by atoms with Gasteiger partial charge in [-0.15, -0.1) is 0 Å². The van der Waals surface area contributed by atoms with Gasteiger partial charge in [0.25, 0.3) is 0 Å². The number of amides is 2. The molecule has 1 atom stereocenters. The van der Waals surface area contributed by atoms with E-state index in [9.17, 15) is 9.59 Å². The summed E-state index contributed by atoms with van der Waals surface area (Å²) in [5.41, 5.74) is 1.36. The van der Waals surface area contributed by atoms with Crippen LogP contribution in [0.4, 0.5) is 4.79 Å². The van der Waals surface area contributed by atoms with E-state index in [1.165, 1.54) is 10.5 Å². The molecule has 2 saturated heterocycles. The summed E-state index contributed by atoms with van der Waals surface area (Å²) in [4.78, 5) is 27.1. The predicted octanol–water partition coefficient (Wildman–Crippen LogP) is 1.92. The van der Waals surface area contributed by atoms with Gasteiger partial charge in [-0.05, 0) is 30.7 Å². The highest BCUT2D eigenvalue weighted by Crippen LogP contribution is 2.23. The third-order valence-electron chi connectivity index (χ3n) is 4.70.